The topological polar surface area (TPSA) is 12.0 Å². The molecule has 0 spiro atoms. The van der Waals surface area contributed by atoms with Gasteiger partial charge in [0.2, 0.25) is 0 Å². The summed E-state index contributed by atoms with van der Waals surface area (Å²) < 4.78 is 0. The van der Waals surface area contributed by atoms with Crippen LogP contribution in [-0.4, -0.2) is 0 Å². The molecule has 1 heterocycles. The summed E-state index contributed by atoms with van der Waals surface area (Å²) >= 11 is 0. The van der Waals surface area contributed by atoms with Crippen LogP contribution < -0.4 is 5.32 Å². The number of benzene rings is 2. The molecule has 0 saturated carbocycles. The molecule has 2 aromatic rings. The molecule has 3 rings (SSSR count). The van der Waals surface area contributed by atoms with E-state index >= 15 is 0 Å². The highest BCUT2D eigenvalue weighted by molar-refractivity contribution is 5.68. The summed E-state index contributed by atoms with van der Waals surface area (Å²) in [6, 6.07) is 17.3. The molecule has 0 radical (unpaired) electrons. The van der Waals surface area contributed by atoms with E-state index in [9.17, 15) is 0 Å². The molecule has 1 N–H and O–H groups in total. The zero-order valence-electron chi connectivity index (χ0n) is 13.8. The van der Waals surface area contributed by atoms with Crippen molar-refractivity contribution in [1.82, 2.24) is 5.32 Å². The highest BCUT2D eigenvalue weighted by Gasteiger charge is 2.15. The molecule has 1 heteroatoms. The monoisotopic (exact) mass is 301 g/mol. The van der Waals surface area contributed by atoms with Gasteiger partial charge in [-0.05, 0) is 39.8 Å². The Hall–Kier alpha value is -2.54. The zero-order chi connectivity index (χ0) is 16.2. The quantitative estimate of drug-likeness (QED) is 0.759. The lowest BCUT2D eigenvalue weighted by atomic mass is 9.92. The van der Waals surface area contributed by atoms with E-state index in [1.807, 2.05) is 12.1 Å². The normalized spacial score (nSPS) is 16.8. The van der Waals surface area contributed by atoms with Gasteiger partial charge in [0.15, 0.2) is 0 Å². The fourth-order valence-corrected chi connectivity index (χ4v) is 2.89. The van der Waals surface area contributed by atoms with Crippen molar-refractivity contribution in [2.24, 2.45) is 5.92 Å². The minimum absolute atomic E-state index is 0.189. The van der Waals surface area contributed by atoms with Crippen molar-refractivity contribution in [3.8, 4) is 11.1 Å². The molecule has 0 aromatic heterocycles. The number of nitrogens with one attached hydrogen (secondary N) is 1. The predicted octanol–water partition coefficient (Wildman–Crippen LogP) is 5.74. The molecule has 0 saturated heterocycles. The van der Waals surface area contributed by atoms with Crippen LogP contribution in [0.4, 0.5) is 0 Å². The lowest BCUT2D eigenvalue weighted by Crippen LogP contribution is -2.19. The van der Waals surface area contributed by atoms with E-state index in [1.54, 1.807) is 0 Å². The van der Waals surface area contributed by atoms with E-state index in [-0.39, 0.29) is 6.04 Å². The van der Waals surface area contributed by atoms with E-state index in [0.717, 1.165) is 0 Å². The maximum absolute atomic E-state index is 3.96. The first-order chi connectivity index (χ1) is 11.2. The van der Waals surface area contributed by atoms with Crippen LogP contribution in [0.3, 0.4) is 0 Å². The molecule has 1 nitrogen and oxygen atoms in total. The molecular formula is C22H23N. The van der Waals surface area contributed by atoms with E-state index in [4.69, 9.17) is 0 Å². The van der Waals surface area contributed by atoms with Crippen LogP contribution in [0.2, 0.25) is 0 Å². The zero-order valence-corrected chi connectivity index (χ0v) is 13.8. The van der Waals surface area contributed by atoms with Gasteiger partial charge in [0.05, 0.1) is 6.04 Å². The third kappa shape index (κ3) is 3.29. The van der Waals surface area contributed by atoms with Crippen LogP contribution in [0.5, 0.6) is 0 Å². The van der Waals surface area contributed by atoms with Crippen molar-refractivity contribution in [2.75, 3.05) is 0 Å². The second-order valence-electron chi connectivity index (χ2n) is 6.22. The third-order valence-electron chi connectivity index (χ3n) is 4.33. The van der Waals surface area contributed by atoms with Crippen molar-refractivity contribution in [2.45, 2.75) is 19.9 Å². The number of rotatable bonds is 4. The molecule has 1 unspecified atom stereocenters. The standard InChI is InChI=1S/C22H23N/c1-4-17-10-11-19(18-8-6-5-7-9-18)14-21(17)22-13-12-20(15-23-22)16(2)3/h4-16,22-23H,1H2,2-3H3. The van der Waals surface area contributed by atoms with E-state index < -0.39 is 0 Å². The smallest absolute Gasteiger partial charge is 0.0701 e. The van der Waals surface area contributed by atoms with Crippen LogP contribution in [0.25, 0.3) is 17.2 Å². The van der Waals surface area contributed by atoms with Crippen LogP contribution in [0.1, 0.15) is 31.0 Å². The lowest BCUT2D eigenvalue weighted by molar-refractivity contribution is 0.698. The first kappa shape index (κ1) is 15.4. The lowest BCUT2D eigenvalue weighted by Gasteiger charge is -2.23. The minimum atomic E-state index is 0.189. The molecule has 2 aromatic carbocycles. The second-order valence-corrected chi connectivity index (χ2v) is 6.22. The summed E-state index contributed by atoms with van der Waals surface area (Å²) in [6.07, 6.45) is 8.54. The van der Waals surface area contributed by atoms with Gasteiger partial charge in [0.25, 0.3) is 0 Å². The fraction of sp³-hybridized carbons (Fsp3) is 0.182. The van der Waals surface area contributed by atoms with Gasteiger partial charge in [0, 0.05) is 6.20 Å². The Labute approximate surface area is 139 Å². The molecular weight excluding hydrogens is 278 g/mol. The number of allylic oxidation sites excluding steroid dienone is 2. The van der Waals surface area contributed by atoms with E-state index in [0.29, 0.717) is 5.92 Å². The number of hydrogen-bond donors (Lipinski definition) is 1. The van der Waals surface area contributed by atoms with Gasteiger partial charge in [-0.25, -0.2) is 0 Å². The van der Waals surface area contributed by atoms with E-state index in [2.05, 4.69) is 86.6 Å². The summed E-state index contributed by atoms with van der Waals surface area (Å²) in [4.78, 5) is 0. The van der Waals surface area contributed by atoms with Gasteiger partial charge in [-0.15, -0.1) is 0 Å². The van der Waals surface area contributed by atoms with Crippen molar-refractivity contribution >= 4 is 6.08 Å². The largest absolute Gasteiger partial charge is 0.380 e. The van der Waals surface area contributed by atoms with Crippen molar-refractivity contribution in [1.29, 1.82) is 0 Å². The Morgan fingerprint density at radius 1 is 1.04 bits per heavy atom. The maximum atomic E-state index is 3.96. The predicted molar refractivity (Wildman–Crippen MR) is 99.9 cm³/mol. The Morgan fingerprint density at radius 3 is 2.43 bits per heavy atom. The van der Waals surface area contributed by atoms with E-state index in [1.165, 1.54) is 27.8 Å². The second kappa shape index (κ2) is 6.70. The average molecular weight is 301 g/mol. The molecule has 0 fully saturated rings. The average Bonchev–Trinajstić information content (AvgIpc) is 2.62. The van der Waals surface area contributed by atoms with Crippen molar-refractivity contribution in [3.63, 3.8) is 0 Å². The van der Waals surface area contributed by atoms with Gasteiger partial charge in [-0.3, -0.25) is 0 Å². The Balaban J connectivity index is 1.96. The summed E-state index contributed by atoms with van der Waals surface area (Å²) in [6.45, 7) is 8.39. The van der Waals surface area contributed by atoms with Crippen molar-refractivity contribution < 1.29 is 0 Å². The Bertz CT molecular complexity index is 751. The van der Waals surface area contributed by atoms with Gasteiger partial charge < -0.3 is 5.32 Å². The summed E-state index contributed by atoms with van der Waals surface area (Å²) in [5, 5.41) is 3.52. The molecule has 116 valence electrons. The Kier molecular flexibility index (Phi) is 4.47. The molecule has 0 bridgehead atoms. The molecule has 0 amide bonds. The summed E-state index contributed by atoms with van der Waals surface area (Å²) in [7, 11) is 0. The minimum Gasteiger partial charge on any atom is -0.380 e. The Morgan fingerprint density at radius 2 is 1.83 bits per heavy atom. The molecule has 0 aliphatic carbocycles. The van der Waals surface area contributed by atoms with Gasteiger partial charge in [-0.2, -0.15) is 0 Å². The number of hydrogen-bond acceptors (Lipinski definition) is 1. The van der Waals surface area contributed by atoms with Crippen LogP contribution in [0, 0.1) is 5.92 Å². The maximum Gasteiger partial charge on any atom is 0.0701 e. The van der Waals surface area contributed by atoms with Crippen molar-refractivity contribution in [3.05, 3.63) is 90.2 Å². The first-order valence-electron chi connectivity index (χ1n) is 8.15. The molecule has 1 atom stereocenters. The fourth-order valence-electron chi connectivity index (χ4n) is 2.89. The summed E-state index contributed by atoms with van der Waals surface area (Å²) in [5.41, 5.74) is 6.24. The first-order valence-corrected chi connectivity index (χ1v) is 8.15. The van der Waals surface area contributed by atoms with Crippen LogP contribution in [-0.2, 0) is 0 Å². The van der Waals surface area contributed by atoms with Gasteiger partial charge in [-0.1, -0.05) is 81.1 Å². The SMILES string of the molecule is C=Cc1ccc(-c2ccccc2)cc1C1C=CC(C(C)C)=CN1. The highest BCUT2D eigenvalue weighted by Crippen LogP contribution is 2.29. The van der Waals surface area contributed by atoms with Gasteiger partial charge in [0.1, 0.15) is 0 Å². The van der Waals surface area contributed by atoms with Gasteiger partial charge >= 0.3 is 0 Å². The molecule has 1 aliphatic rings. The van der Waals surface area contributed by atoms with Crippen LogP contribution in [0.15, 0.2) is 79.0 Å². The number of dihydropyridines is 1. The summed E-state index contributed by atoms with van der Waals surface area (Å²) in [5.74, 6) is 0.536. The van der Waals surface area contributed by atoms with Crippen LogP contribution >= 0.6 is 0 Å². The molecule has 1 aliphatic heterocycles. The third-order valence-corrected chi connectivity index (χ3v) is 4.33. The highest BCUT2D eigenvalue weighted by atomic mass is 14.9. The molecule has 23 heavy (non-hydrogen) atoms.